The van der Waals surface area contributed by atoms with Gasteiger partial charge in [0, 0.05) is 6.42 Å². The standard InChI is InChI=1S/C26H38O4/c1-16(2)9-10-20-23(28)22(21(27)15-19(7)8)25(30)26(24(20)29,13-11-17(3)4)14-12-18(5)6/h9,11-12,19-20,30H,10,13-15H2,1-8H3/t20-/m1/s1. The molecule has 0 unspecified atom stereocenters. The van der Waals surface area contributed by atoms with Gasteiger partial charge in [0.2, 0.25) is 0 Å². The van der Waals surface area contributed by atoms with Gasteiger partial charge in [-0.25, -0.2) is 0 Å². The first kappa shape index (κ1) is 25.8. The summed E-state index contributed by atoms with van der Waals surface area (Å²) in [4.78, 5) is 39.9. The minimum Gasteiger partial charge on any atom is -0.510 e. The Labute approximate surface area is 181 Å². The molecule has 0 heterocycles. The Morgan fingerprint density at radius 2 is 1.40 bits per heavy atom. The zero-order valence-electron chi connectivity index (χ0n) is 19.9. The van der Waals surface area contributed by atoms with Crippen LogP contribution in [0.3, 0.4) is 0 Å². The van der Waals surface area contributed by atoms with Crippen LogP contribution in [-0.4, -0.2) is 22.5 Å². The Hall–Kier alpha value is -2.23. The van der Waals surface area contributed by atoms with Crippen LogP contribution in [0.4, 0.5) is 0 Å². The van der Waals surface area contributed by atoms with E-state index in [1.165, 1.54) is 0 Å². The van der Waals surface area contributed by atoms with Gasteiger partial charge in [-0.2, -0.15) is 0 Å². The molecular weight excluding hydrogens is 376 g/mol. The molecule has 1 aliphatic rings. The molecule has 1 aliphatic carbocycles. The third-order valence-electron chi connectivity index (χ3n) is 5.39. The maximum absolute atomic E-state index is 13.7. The Morgan fingerprint density at radius 3 is 1.80 bits per heavy atom. The molecule has 4 nitrogen and oxygen atoms in total. The Kier molecular flexibility index (Phi) is 9.20. The highest BCUT2D eigenvalue weighted by molar-refractivity contribution is 6.29. The van der Waals surface area contributed by atoms with Crippen LogP contribution in [0, 0.1) is 17.3 Å². The van der Waals surface area contributed by atoms with Crippen LogP contribution in [-0.2, 0) is 14.4 Å². The summed E-state index contributed by atoms with van der Waals surface area (Å²) in [6.45, 7) is 15.3. The summed E-state index contributed by atoms with van der Waals surface area (Å²) < 4.78 is 0. The summed E-state index contributed by atoms with van der Waals surface area (Å²) in [6.07, 6.45) is 6.62. The normalized spacial score (nSPS) is 18.4. The minimum atomic E-state index is -1.29. The van der Waals surface area contributed by atoms with Gasteiger partial charge >= 0.3 is 0 Å². The monoisotopic (exact) mass is 414 g/mol. The van der Waals surface area contributed by atoms with E-state index in [-0.39, 0.29) is 54.5 Å². The molecule has 1 atom stereocenters. The van der Waals surface area contributed by atoms with Crippen molar-refractivity contribution in [3.05, 3.63) is 46.3 Å². The van der Waals surface area contributed by atoms with Crippen LogP contribution in [0.2, 0.25) is 0 Å². The summed E-state index contributed by atoms with van der Waals surface area (Å²) in [6, 6.07) is 0. The molecule has 0 bridgehead atoms. The number of allylic oxidation sites excluding steroid dienone is 8. The number of ketones is 3. The summed E-state index contributed by atoms with van der Waals surface area (Å²) in [7, 11) is 0. The molecule has 30 heavy (non-hydrogen) atoms. The zero-order valence-corrected chi connectivity index (χ0v) is 19.9. The maximum Gasteiger partial charge on any atom is 0.180 e. The highest BCUT2D eigenvalue weighted by Gasteiger charge is 2.53. The molecule has 0 saturated heterocycles. The van der Waals surface area contributed by atoms with Gasteiger partial charge in [-0.1, -0.05) is 48.8 Å². The second kappa shape index (κ2) is 10.7. The van der Waals surface area contributed by atoms with Crippen molar-refractivity contribution < 1.29 is 19.5 Å². The fourth-order valence-corrected chi connectivity index (χ4v) is 3.64. The van der Waals surface area contributed by atoms with Crippen molar-refractivity contribution in [1.82, 2.24) is 0 Å². The molecule has 0 aromatic heterocycles. The number of carbonyl (C=O) groups is 3. The molecule has 0 aliphatic heterocycles. The van der Waals surface area contributed by atoms with E-state index in [2.05, 4.69) is 0 Å². The van der Waals surface area contributed by atoms with Crippen molar-refractivity contribution in [3.8, 4) is 0 Å². The molecule has 1 N–H and O–H groups in total. The molecule has 0 fully saturated rings. The number of hydrogen-bond donors (Lipinski definition) is 1. The molecule has 0 aromatic rings. The van der Waals surface area contributed by atoms with Crippen molar-refractivity contribution in [2.24, 2.45) is 17.3 Å². The van der Waals surface area contributed by atoms with Gasteiger partial charge in [0.05, 0.1) is 16.9 Å². The second-order valence-corrected chi connectivity index (χ2v) is 9.60. The largest absolute Gasteiger partial charge is 0.510 e. The van der Waals surface area contributed by atoms with E-state index < -0.39 is 17.1 Å². The molecule has 4 heteroatoms. The lowest BCUT2D eigenvalue weighted by molar-refractivity contribution is -0.140. The molecule has 0 spiro atoms. The van der Waals surface area contributed by atoms with E-state index in [1.807, 2.05) is 73.6 Å². The van der Waals surface area contributed by atoms with Gasteiger partial charge in [0.25, 0.3) is 0 Å². The Balaban J connectivity index is 3.78. The predicted molar refractivity (Wildman–Crippen MR) is 122 cm³/mol. The van der Waals surface area contributed by atoms with Crippen LogP contribution in [0.25, 0.3) is 0 Å². The van der Waals surface area contributed by atoms with Crippen LogP contribution in [0.5, 0.6) is 0 Å². The number of Topliss-reactive ketones (excluding diaryl/α,β-unsaturated/α-hetero) is 3. The quantitative estimate of drug-likeness (QED) is 0.275. The maximum atomic E-state index is 13.7. The Bertz CT molecular complexity index is 786. The molecule has 0 aromatic carbocycles. The lowest BCUT2D eigenvalue weighted by Gasteiger charge is -2.38. The van der Waals surface area contributed by atoms with Gasteiger partial charge in [-0.15, -0.1) is 0 Å². The first-order valence-electron chi connectivity index (χ1n) is 10.8. The van der Waals surface area contributed by atoms with Crippen LogP contribution < -0.4 is 0 Å². The number of aliphatic hydroxyl groups is 1. The molecular formula is C26H38O4. The van der Waals surface area contributed by atoms with E-state index >= 15 is 0 Å². The fourth-order valence-electron chi connectivity index (χ4n) is 3.64. The number of carbonyl (C=O) groups excluding carboxylic acids is 3. The van der Waals surface area contributed by atoms with E-state index in [9.17, 15) is 19.5 Å². The van der Waals surface area contributed by atoms with Gasteiger partial charge in [-0.3, -0.25) is 14.4 Å². The van der Waals surface area contributed by atoms with Crippen molar-refractivity contribution in [2.45, 2.75) is 81.1 Å². The highest BCUT2D eigenvalue weighted by Crippen LogP contribution is 2.46. The molecule has 0 saturated carbocycles. The second-order valence-electron chi connectivity index (χ2n) is 9.60. The van der Waals surface area contributed by atoms with E-state index in [0.717, 1.165) is 16.7 Å². The van der Waals surface area contributed by atoms with Crippen molar-refractivity contribution in [2.75, 3.05) is 0 Å². The van der Waals surface area contributed by atoms with Crippen molar-refractivity contribution >= 4 is 17.3 Å². The first-order chi connectivity index (χ1) is 13.8. The van der Waals surface area contributed by atoms with Crippen LogP contribution >= 0.6 is 0 Å². The van der Waals surface area contributed by atoms with Crippen LogP contribution in [0.1, 0.15) is 81.1 Å². The van der Waals surface area contributed by atoms with E-state index in [4.69, 9.17) is 0 Å². The highest BCUT2D eigenvalue weighted by atomic mass is 16.3. The summed E-state index contributed by atoms with van der Waals surface area (Å²) >= 11 is 0. The third kappa shape index (κ3) is 6.13. The van der Waals surface area contributed by atoms with E-state index in [0.29, 0.717) is 0 Å². The molecule has 1 rings (SSSR count). The zero-order chi connectivity index (χ0) is 23.2. The molecule has 0 amide bonds. The SMILES string of the molecule is CC(C)=CC[C@@H]1C(=O)C(C(=O)CC(C)C)=C(O)C(CC=C(C)C)(CC=C(C)C)C1=O. The lowest BCUT2D eigenvalue weighted by Crippen LogP contribution is -2.47. The van der Waals surface area contributed by atoms with Gasteiger partial charge < -0.3 is 5.11 Å². The van der Waals surface area contributed by atoms with Crippen LogP contribution in [0.15, 0.2) is 46.3 Å². The number of rotatable bonds is 9. The van der Waals surface area contributed by atoms with Crippen molar-refractivity contribution in [3.63, 3.8) is 0 Å². The fraction of sp³-hybridized carbons (Fsp3) is 0.577. The lowest BCUT2D eigenvalue weighted by atomic mass is 9.63. The summed E-state index contributed by atoms with van der Waals surface area (Å²) in [5.74, 6) is -2.45. The third-order valence-corrected chi connectivity index (χ3v) is 5.39. The molecule has 166 valence electrons. The van der Waals surface area contributed by atoms with Gasteiger partial charge in [-0.05, 0) is 66.7 Å². The number of hydrogen-bond acceptors (Lipinski definition) is 4. The average Bonchev–Trinajstić information content (AvgIpc) is 2.60. The average molecular weight is 415 g/mol. The van der Waals surface area contributed by atoms with E-state index in [1.54, 1.807) is 0 Å². The van der Waals surface area contributed by atoms with Gasteiger partial charge in [0.15, 0.2) is 17.3 Å². The first-order valence-corrected chi connectivity index (χ1v) is 10.8. The topological polar surface area (TPSA) is 71.4 Å². The number of aliphatic hydroxyl groups excluding tert-OH is 1. The summed E-state index contributed by atoms with van der Waals surface area (Å²) in [5, 5.41) is 11.3. The predicted octanol–water partition coefficient (Wildman–Crippen LogP) is 6.24. The summed E-state index contributed by atoms with van der Waals surface area (Å²) in [5.41, 5.74) is 1.58. The van der Waals surface area contributed by atoms with Gasteiger partial charge in [0.1, 0.15) is 5.76 Å². The Morgan fingerprint density at radius 1 is 0.933 bits per heavy atom. The smallest absolute Gasteiger partial charge is 0.180 e. The molecule has 0 radical (unpaired) electrons. The van der Waals surface area contributed by atoms with Crippen molar-refractivity contribution in [1.29, 1.82) is 0 Å². The minimum absolute atomic E-state index is 0.0458.